The molecule has 1 unspecified atom stereocenters. The van der Waals surface area contributed by atoms with Crippen LogP contribution < -0.4 is 4.72 Å². The SMILES string of the molecule is CC(C)C(CC(=O)O)NS(=O)(=O)c1cc(Cl)sc1Cl. The van der Waals surface area contributed by atoms with Gasteiger partial charge in [0, 0.05) is 6.04 Å². The van der Waals surface area contributed by atoms with Crippen LogP contribution in [0, 0.1) is 5.92 Å². The maximum absolute atomic E-state index is 12.1. The molecule has 9 heteroatoms. The van der Waals surface area contributed by atoms with E-state index in [0.29, 0.717) is 0 Å². The van der Waals surface area contributed by atoms with Gasteiger partial charge in [-0.05, 0) is 12.0 Å². The Morgan fingerprint density at radius 1 is 1.47 bits per heavy atom. The lowest BCUT2D eigenvalue weighted by molar-refractivity contribution is -0.137. The van der Waals surface area contributed by atoms with E-state index in [9.17, 15) is 13.2 Å². The average Bonchev–Trinajstić information content (AvgIpc) is 2.56. The molecule has 0 saturated carbocycles. The fourth-order valence-corrected chi connectivity index (χ4v) is 4.91. The van der Waals surface area contributed by atoms with Crippen LogP contribution in [-0.2, 0) is 14.8 Å². The number of nitrogens with one attached hydrogen (secondary N) is 1. The number of hydrogen-bond acceptors (Lipinski definition) is 4. The van der Waals surface area contributed by atoms with E-state index in [0.717, 1.165) is 11.3 Å². The van der Waals surface area contributed by atoms with Crippen molar-refractivity contribution in [3.05, 3.63) is 14.7 Å². The molecule has 19 heavy (non-hydrogen) atoms. The Bertz CT molecular complexity index is 568. The van der Waals surface area contributed by atoms with Crippen LogP contribution in [-0.4, -0.2) is 25.5 Å². The molecule has 0 amide bonds. The lowest BCUT2D eigenvalue weighted by atomic mass is 10.0. The molecule has 0 aliphatic carbocycles. The summed E-state index contributed by atoms with van der Waals surface area (Å²) in [5.74, 6) is -1.24. The van der Waals surface area contributed by atoms with Crippen LogP contribution in [0.4, 0.5) is 0 Å². The number of thiophene rings is 1. The number of halogens is 2. The number of aliphatic carboxylic acids is 1. The van der Waals surface area contributed by atoms with E-state index in [1.54, 1.807) is 13.8 Å². The van der Waals surface area contributed by atoms with Gasteiger partial charge in [0.05, 0.1) is 10.8 Å². The van der Waals surface area contributed by atoms with Gasteiger partial charge in [-0.25, -0.2) is 13.1 Å². The number of rotatable bonds is 6. The first-order valence-electron chi connectivity index (χ1n) is 5.32. The van der Waals surface area contributed by atoms with Gasteiger partial charge in [-0.15, -0.1) is 11.3 Å². The largest absolute Gasteiger partial charge is 0.481 e. The average molecular weight is 346 g/mol. The van der Waals surface area contributed by atoms with E-state index >= 15 is 0 Å². The maximum Gasteiger partial charge on any atom is 0.304 e. The fraction of sp³-hybridized carbons (Fsp3) is 0.500. The van der Waals surface area contributed by atoms with Crippen molar-refractivity contribution in [3.63, 3.8) is 0 Å². The first kappa shape index (κ1) is 16.7. The van der Waals surface area contributed by atoms with Crippen molar-refractivity contribution in [3.8, 4) is 0 Å². The van der Waals surface area contributed by atoms with Gasteiger partial charge in [0.2, 0.25) is 10.0 Å². The normalized spacial score (nSPS) is 13.7. The number of carbonyl (C=O) groups is 1. The minimum atomic E-state index is -3.88. The molecule has 0 aromatic carbocycles. The summed E-state index contributed by atoms with van der Waals surface area (Å²) in [7, 11) is -3.88. The summed E-state index contributed by atoms with van der Waals surface area (Å²) in [5.41, 5.74) is 0. The minimum Gasteiger partial charge on any atom is -0.481 e. The smallest absolute Gasteiger partial charge is 0.304 e. The number of hydrogen-bond donors (Lipinski definition) is 2. The zero-order valence-electron chi connectivity index (χ0n) is 10.2. The highest BCUT2D eigenvalue weighted by Crippen LogP contribution is 2.34. The van der Waals surface area contributed by atoms with Gasteiger partial charge in [-0.2, -0.15) is 0 Å². The van der Waals surface area contributed by atoms with Crippen molar-refractivity contribution in [1.82, 2.24) is 4.72 Å². The van der Waals surface area contributed by atoms with Crippen molar-refractivity contribution < 1.29 is 18.3 Å². The van der Waals surface area contributed by atoms with Gasteiger partial charge in [-0.1, -0.05) is 37.0 Å². The number of carboxylic acids is 1. The van der Waals surface area contributed by atoms with Crippen molar-refractivity contribution in [1.29, 1.82) is 0 Å². The van der Waals surface area contributed by atoms with Crippen molar-refractivity contribution in [2.75, 3.05) is 0 Å². The predicted molar refractivity (Wildman–Crippen MR) is 75.5 cm³/mol. The Morgan fingerprint density at radius 3 is 2.42 bits per heavy atom. The van der Waals surface area contributed by atoms with Crippen LogP contribution in [0.25, 0.3) is 0 Å². The van der Waals surface area contributed by atoms with Gasteiger partial charge in [0.25, 0.3) is 0 Å². The topological polar surface area (TPSA) is 83.5 Å². The predicted octanol–water partition coefficient (Wildman–Crippen LogP) is 2.83. The molecule has 0 fully saturated rings. The molecule has 0 aliphatic rings. The highest BCUT2D eigenvalue weighted by Gasteiger charge is 2.27. The lowest BCUT2D eigenvalue weighted by Gasteiger charge is -2.20. The highest BCUT2D eigenvalue weighted by atomic mass is 35.5. The van der Waals surface area contributed by atoms with Crippen LogP contribution in [0.2, 0.25) is 8.67 Å². The molecule has 1 heterocycles. The van der Waals surface area contributed by atoms with Gasteiger partial charge < -0.3 is 5.11 Å². The maximum atomic E-state index is 12.1. The molecule has 0 aliphatic heterocycles. The molecule has 0 saturated heterocycles. The molecular weight excluding hydrogens is 333 g/mol. The second-order valence-electron chi connectivity index (χ2n) is 4.26. The van der Waals surface area contributed by atoms with E-state index in [1.807, 2.05) is 0 Å². The molecule has 1 aromatic heterocycles. The molecular formula is C10H13Cl2NO4S2. The molecule has 0 bridgehead atoms. The first-order chi connectivity index (χ1) is 8.63. The van der Waals surface area contributed by atoms with Crippen molar-refractivity contribution in [2.45, 2.75) is 31.2 Å². The van der Waals surface area contributed by atoms with Gasteiger partial charge in [-0.3, -0.25) is 4.79 Å². The summed E-state index contributed by atoms with van der Waals surface area (Å²) in [6.45, 7) is 3.47. The van der Waals surface area contributed by atoms with Crippen molar-refractivity contribution >= 4 is 50.5 Å². The molecule has 0 spiro atoms. The summed E-state index contributed by atoms with van der Waals surface area (Å²) in [4.78, 5) is 10.6. The molecule has 1 rings (SSSR count). The molecule has 0 radical (unpaired) electrons. The Hall–Kier alpha value is -0.340. The van der Waals surface area contributed by atoms with E-state index in [4.69, 9.17) is 28.3 Å². The Labute approximate surface area is 125 Å². The third-order valence-corrected chi connectivity index (χ3v) is 5.66. The van der Waals surface area contributed by atoms with Crippen LogP contribution in [0.3, 0.4) is 0 Å². The van der Waals surface area contributed by atoms with Gasteiger partial charge in [0.15, 0.2) is 0 Å². The fourth-order valence-electron chi connectivity index (χ4n) is 1.37. The van der Waals surface area contributed by atoms with Gasteiger partial charge in [0.1, 0.15) is 9.23 Å². The van der Waals surface area contributed by atoms with Crippen LogP contribution in [0.5, 0.6) is 0 Å². The second-order valence-corrected chi connectivity index (χ2v) is 8.23. The molecule has 1 aromatic rings. The Balaban J connectivity index is 3.00. The van der Waals surface area contributed by atoms with Gasteiger partial charge >= 0.3 is 5.97 Å². The number of carboxylic acid groups (broad SMARTS) is 1. The van der Waals surface area contributed by atoms with Crippen LogP contribution >= 0.6 is 34.5 Å². The number of sulfonamides is 1. The van der Waals surface area contributed by atoms with E-state index in [-0.39, 0.29) is 25.9 Å². The third-order valence-electron chi connectivity index (χ3n) is 2.42. The summed E-state index contributed by atoms with van der Waals surface area (Å²) in [6, 6.07) is 0.534. The zero-order chi connectivity index (χ0) is 14.8. The first-order valence-corrected chi connectivity index (χ1v) is 8.38. The quantitative estimate of drug-likeness (QED) is 0.830. The monoisotopic (exact) mass is 345 g/mol. The van der Waals surface area contributed by atoms with E-state index < -0.39 is 22.0 Å². The molecule has 1 atom stereocenters. The summed E-state index contributed by atoms with van der Waals surface area (Å²) in [6.07, 6.45) is -0.299. The van der Waals surface area contributed by atoms with Crippen LogP contribution in [0.1, 0.15) is 20.3 Å². The lowest BCUT2D eigenvalue weighted by Crippen LogP contribution is -2.39. The second kappa shape index (κ2) is 6.41. The highest BCUT2D eigenvalue weighted by molar-refractivity contribution is 7.89. The molecule has 2 N–H and O–H groups in total. The summed E-state index contributed by atoms with van der Waals surface area (Å²) >= 11 is 12.4. The summed E-state index contributed by atoms with van der Waals surface area (Å²) < 4.78 is 26.9. The van der Waals surface area contributed by atoms with Crippen molar-refractivity contribution in [2.24, 2.45) is 5.92 Å². The molecule has 5 nitrogen and oxygen atoms in total. The Morgan fingerprint density at radius 2 is 2.05 bits per heavy atom. The zero-order valence-corrected chi connectivity index (χ0v) is 13.3. The summed E-state index contributed by atoms with van der Waals surface area (Å²) in [5, 5.41) is 8.78. The standard InChI is InChI=1S/C10H13Cl2NO4S2/c1-5(2)6(3-9(14)15)13-19(16,17)7-4-8(11)18-10(7)12/h4-6,13H,3H2,1-2H3,(H,14,15). The van der Waals surface area contributed by atoms with Crippen LogP contribution in [0.15, 0.2) is 11.0 Å². The van der Waals surface area contributed by atoms with E-state index in [1.165, 1.54) is 6.07 Å². The third kappa shape index (κ3) is 4.61. The Kier molecular flexibility index (Phi) is 5.64. The molecule has 108 valence electrons. The van der Waals surface area contributed by atoms with E-state index in [2.05, 4.69) is 4.72 Å². The minimum absolute atomic E-state index is 0.0512.